The molecule has 2 rings (SSSR count). The molecule has 0 saturated carbocycles. The Bertz CT molecular complexity index is 651. The molecule has 2 aromatic carbocycles. The van der Waals surface area contributed by atoms with E-state index in [4.69, 9.17) is 16.3 Å². The molecular formula is C18H22Cl2N2O2. The van der Waals surface area contributed by atoms with Crippen LogP contribution >= 0.6 is 24.0 Å². The highest BCUT2D eigenvalue weighted by Crippen LogP contribution is 2.30. The van der Waals surface area contributed by atoms with Crippen molar-refractivity contribution in [2.75, 3.05) is 33.8 Å². The number of benzene rings is 2. The van der Waals surface area contributed by atoms with Crippen molar-refractivity contribution in [3.8, 4) is 16.9 Å². The topological polar surface area (TPSA) is 41.6 Å². The molecular weight excluding hydrogens is 347 g/mol. The van der Waals surface area contributed by atoms with Gasteiger partial charge in [-0.3, -0.25) is 4.79 Å². The molecule has 0 heterocycles. The number of amides is 1. The van der Waals surface area contributed by atoms with Gasteiger partial charge in [0.1, 0.15) is 5.75 Å². The van der Waals surface area contributed by atoms with Gasteiger partial charge in [-0.25, -0.2) is 0 Å². The van der Waals surface area contributed by atoms with E-state index in [9.17, 15) is 4.79 Å². The Balaban J connectivity index is 0.00000288. The number of nitrogens with zero attached hydrogens (tertiary/aromatic N) is 1. The van der Waals surface area contributed by atoms with E-state index in [0.717, 1.165) is 17.7 Å². The summed E-state index contributed by atoms with van der Waals surface area (Å²) in [5.41, 5.74) is 2.10. The average molecular weight is 369 g/mol. The predicted molar refractivity (Wildman–Crippen MR) is 101 cm³/mol. The van der Waals surface area contributed by atoms with Crippen molar-refractivity contribution in [3.63, 3.8) is 0 Å². The lowest BCUT2D eigenvalue weighted by Crippen LogP contribution is -2.35. The monoisotopic (exact) mass is 368 g/mol. The minimum atomic E-state index is -0.0801. The van der Waals surface area contributed by atoms with Crippen molar-refractivity contribution >= 4 is 29.9 Å². The third kappa shape index (κ3) is 5.71. The molecule has 0 atom stereocenters. The Labute approximate surface area is 154 Å². The molecule has 2 aromatic rings. The highest BCUT2D eigenvalue weighted by Gasteiger charge is 2.11. The molecule has 0 saturated heterocycles. The molecule has 0 fully saturated rings. The van der Waals surface area contributed by atoms with Crippen molar-refractivity contribution in [1.82, 2.24) is 10.2 Å². The Morgan fingerprint density at radius 2 is 1.88 bits per heavy atom. The lowest BCUT2D eigenvalue weighted by atomic mass is 10.1. The fourth-order valence-electron chi connectivity index (χ4n) is 2.08. The third-order valence-electron chi connectivity index (χ3n) is 3.51. The second kappa shape index (κ2) is 10.2. The number of nitrogens with one attached hydrogen (secondary N) is 1. The van der Waals surface area contributed by atoms with Crippen LogP contribution in [-0.2, 0) is 4.79 Å². The number of carbonyl (C=O) groups excluding carboxylic acids is 1. The zero-order valence-electron chi connectivity index (χ0n) is 13.8. The van der Waals surface area contributed by atoms with Crippen LogP contribution < -0.4 is 10.1 Å². The van der Waals surface area contributed by atoms with Gasteiger partial charge >= 0.3 is 0 Å². The lowest BCUT2D eigenvalue weighted by molar-refractivity contribution is -0.131. The van der Waals surface area contributed by atoms with Crippen LogP contribution in [0.3, 0.4) is 0 Å². The number of carbonyl (C=O) groups is 1. The molecule has 0 radical (unpaired) electrons. The summed E-state index contributed by atoms with van der Waals surface area (Å²) in [5.74, 6) is 0.435. The van der Waals surface area contributed by atoms with Crippen molar-refractivity contribution in [2.45, 2.75) is 0 Å². The zero-order valence-corrected chi connectivity index (χ0v) is 15.4. The first-order chi connectivity index (χ1) is 11.1. The molecule has 130 valence electrons. The van der Waals surface area contributed by atoms with E-state index in [1.807, 2.05) is 49.5 Å². The average Bonchev–Trinajstić information content (AvgIpc) is 2.59. The number of hydrogen-bond acceptors (Lipinski definition) is 3. The summed E-state index contributed by atoms with van der Waals surface area (Å²) in [6.07, 6.45) is 0. The van der Waals surface area contributed by atoms with E-state index in [2.05, 4.69) is 5.32 Å². The fraction of sp³-hybridized carbons (Fsp3) is 0.278. The standard InChI is InChI=1S/C18H21ClN2O2.ClH/c1-20-10-11-21(2)18(22)13-23-17-9-8-15(12-16(17)19)14-6-4-3-5-7-14;/h3-9,12,20H,10-11,13H2,1-2H3;1H. The molecule has 0 unspecified atom stereocenters. The van der Waals surface area contributed by atoms with Crippen LogP contribution in [0.15, 0.2) is 48.5 Å². The minimum absolute atomic E-state index is 0. The molecule has 6 heteroatoms. The second-order valence-electron chi connectivity index (χ2n) is 5.22. The van der Waals surface area contributed by atoms with Crippen molar-refractivity contribution in [2.24, 2.45) is 0 Å². The molecule has 0 aliphatic rings. The first kappa shape index (κ1) is 20.3. The van der Waals surface area contributed by atoms with Crippen molar-refractivity contribution in [3.05, 3.63) is 53.6 Å². The lowest BCUT2D eigenvalue weighted by Gasteiger charge is -2.17. The molecule has 0 aliphatic carbocycles. The maximum atomic E-state index is 12.0. The maximum Gasteiger partial charge on any atom is 0.260 e. The summed E-state index contributed by atoms with van der Waals surface area (Å²) in [5, 5.41) is 3.50. The summed E-state index contributed by atoms with van der Waals surface area (Å²) in [6, 6.07) is 15.6. The Kier molecular flexibility index (Phi) is 8.61. The van der Waals surface area contributed by atoms with E-state index < -0.39 is 0 Å². The number of ether oxygens (including phenoxy) is 1. The molecule has 4 nitrogen and oxygen atoms in total. The van der Waals surface area contributed by atoms with Gasteiger partial charge in [-0.1, -0.05) is 48.0 Å². The molecule has 0 aromatic heterocycles. The van der Waals surface area contributed by atoms with Crippen LogP contribution in [0.4, 0.5) is 0 Å². The first-order valence-corrected chi connectivity index (χ1v) is 7.86. The summed E-state index contributed by atoms with van der Waals surface area (Å²) < 4.78 is 5.55. The van der Waals surface area contributed by atoms with Gasteiger partial charge in [0.2, 0.25) is 0 Å². The highest BCUT2D eigenvalue weighted by molar-refractivity contribution is 6.32. The van der Waals surface area contributed by atoms with Crippen LogP contribution in [0.1, 0.15) is 0 Å². The van der Waals surface area contributed by atoms with Crippen LogP contribution in [-0.4, -0.2) is 44.6 Å². The quantitative estimate of drug-likeness (QED) is 0.813. The van der Waals surface area contributed by atoms with Gasteiger partial charge in [-0.2, -0.15) is 0 Å². The molecule has 1 amide bonds. The molecule has 24 heavy (non-hydrogen) atoms. The largest absolute Gasteiger partial charge is 0.482 e. The van der Waals surface area contributed by atoms with Gasteiger partial charge in [-0.15, -0.1) is 12.4 Å². The van der Waals surface area contributed by atoms with Gasteiger partial charge in [-0.05, 0) is 30.3 Å². The molecule has 0 bridgehead atoms. The highest BCUT2D eigenvalue weighted by atomic mass is 35.5. The zero-order chi connectivity index (χ0) is 16.7. The fourth-order valence-corrected chi connectivity index (χ4v) is 2.32. The number of halogens is 2. The molecule has 0 aliphatic heterocycles. The van der Waals surface area contributed by atoms with Gasteiger partial charge in [0, 0.05) is 20.1 Å². The van der Waals surface area contributed by atoms with Crippen molar-refractivity contribution in [1.29, 1.82) is 0 Å². The Hall–Kier alpha value is -1.75. The van der Waals surface area contributed by atoms with Crippen LogP contribution in [0.5, 0.6) is 5.75 Å². The number of rotatable bonds is 7. The van der Waals surface area contributed by atoms with E-state index in [1.165, 1.54) is 0 Å². The van der Waals surface area contributed by atoms with E-state index in [0.29, 0.717) is 17.3 Å². The number of hydrogen-bond donors (Lipinski definition) is 1. The van der Waals surface area contributed by atoms with Gasteiger partial charge in [0.25, 0.3) is 5.91 Å². The third-order valence-corrected chi connectivity index (χ3v) is 3.81. The molecule has 0 spiro atoms. The van der Waals surface area contributed by atoms with Crippen LogP contribution in [0, 0.1) is 0 Å². The smallest absolute Gasteiger partial charge is 0.260 e. The summed E-state index contributed by atoms with van der Waals surface area (Å²) in [4.78, 5) is 13.6. The second-order valence-corrected chi connectivity index (χ2v) is 5.63. The summed E-state index contributed by atoms with van der Waals surface area (Å²) >= 11 is 6.27. The summed E-state index contributed by atoms with van der Waals surface area (Å²) in [7, 11) is 3.60. The Morgan fingerprint density at radius 3 is 2.50 bits per heavy atom. The first-order valence-electron chi connectivity index (χ1n) is 7.48. The van der Waals surface area contributed by atoms with E-state index in [-0.39, 0.29) is 24.9 Å². The van der Waals surface area contributed by atoms with E-state index >= 15 is 0 Å². The predicted octanol–water partition coefficient (Wildman–Crippen LogP) is 3.49. The molecule has 1 N–H and O–H groups in total. The maximum absolute atomic E-state index is 12.0. The van der Waals surface area contributed by atoms with Crippen LogP contribution in [0.25, 0.3) is 11.1 Å². The normalized spacial score (nSPS) is 9.96. The van der Waals surface area contributed by atoms with E-state index in [1.54, 1.807) is 18.0 Å². The Morgan fingerprint density at radius 1 is 1.17 bits per heavy atom. The minimum Gasteiger partial charge on any atom is -0.482 e. The van der Waals surface area contributed by atoms with Crippen LogP contribution in [0.2, 0.25) is 5.02 Å². The van der Waals surface area contributed by atoms with Gasteiger partial charge in [0.05, 0.1) is 5.02 Å². The summed E-state index contributed by atoms with van der Waals surface area (Å²) in [6.45, 7) is 1.36. The van der Waals surface area contributed by atoms with Crippen molar-refractivity contribution < 1.29 is 9.53 Å². The number of likely N-dealkylation sites (N-methyl/N-ethyl adjacent to an activating group) is 2. The van der Waals surface area contributed by atoms with Gasteiger partial charge in [0.15, 0.2) is 6.61 Å². The van der Waals surface area contributed by atoms with Gasteiger partial charge < -0.3 is 15.0 Å². The SMILES string of the molecule is CNCCN(C)C(=O)COc1ccc(-c2ccccc2)cc1Cl.Cl.